The molecule has 3 N–H and O–H groups in total. The van der Waals surface area contributed by atoms with E-state index >= 15 is 0 Å². The quantitative estimate of drug-likeness (QED) is 0.284. The zero-order valence-corrected chi connectivity index (χ0v) is 19.5. The molecule has 2 aromatic carbocycles. The van der Waals surface area contributed by atoms with E-state index in [9.17, 15) is 9.50 Å². The minimum atomic E-state index is -0.777. The number of aryl methyl sites for hydroxylation is 1. The number of aliphatic hydroxyl groups excluding tert-OH is 1. The van der Waals surface area contributed by atoms with Crippen molar-refractivity contribution in [1.82, 2.24) is 10.6 Å². The maximum atomic E-state index is 13.4. The molecule has 0 aliphatic heterocycles. The second-order valence-electron chi connectivity index (χ2n) is 6.32. The summed E-state index contributed by atoms with van der Waals surface area (Å²) in [6.45, 7) is 5.02. The van der Waals surface area contributed by atoms with Crippen LogP contribution >= 0.6 is 24.0 Å². The van der Waals surface area contributed by atoms with Crippen LogP contribution in [0.2, 0.25) is 0 Å². The van der Waals surface area contributed by atoms with Gasteiger partial charge >= 0.3 is 0 Å². The fourth-order valence-corrected chi connectivity index (χ4v) is 2.65. The zero-order valence-electron chi connectivity index (χ0n) is 17.2. The normalized spacial score (nSPS) is 12.0. The molecule has 0 aromatic heterocycles. The number of rotatable bonds is 8. The molecule has 0 fully saturated rings. The molecule has 160 valence electrons. The van der Waals surface area contributed by atoms with Gasteiger partial charge in [0.05, 0.1) is 26.9 Å². The van der Waals surface area contributed by atoms with Crippen LogP contribution in [0.25, 0.3) is 0 Å². The van der Waals surface area contributed by atoms with Crippen LogP contribution in [0.4, 0.5) is 4.39 Å². The van der Waals surface area contributed by atoms with Crippen molar-refractivity contribution in [3.63, 3.8) is 0 Å². The van der Waals surface area contributed by atoms with Crippen molar-refractivity contribution in [2.75, 3.05) is 27.3 Å². The first kappa shape index (κ1) is 25.0. The molecule has 0 aliphatic rings. The largest absolute Gasteiger partial charge is 0.497 e. The standard InChI is InChI=1S/C21H28FN3O3.HI/c1-5-23-21(24-12-15-6-7-19(22)14(2)8-15)25-13-20(26)16-9-17(27-3)11-18(10-16)28-4;/h6-11,20,26H,5,12-13H2,1-4H3,(H2,23,24,25);1H. The van der Waals surface area contributed by atoms with E-state index in [1.807, 2.05) is 6.92 Å². The summed E-state index contributed by atoms with van der Waals surface area (Å²) in [6.07, 6.45) is -0.777. The summed E-state index contributed by atoms with van der Waals surface area (Å²) >= 11 is 0. The van der Waals surface area contributed by atoms with E-state index in [2.05, 4.69) is 15.6 Å². The van der Waals surface area contributed by atoms with Gasteiger partial charge in [0.15, 0.2) is 5.96 Å². The fraction of sp³-hybridized carbons (Fsp3) is 0.381. The molecule has 0 amide bonds. The van der Waals surface area contributed by atoms with E-state index in [0.717, 1.165) is 5.56 Å². The Morgan fingerprint density at radius 1 is 1.10 bits per heavy atom. The zero-order chi connectivity index (χ0) is 20.5. The molecule has 2 rings (SSSR count). The topological polar surface area (TPSA) is 75.1 Å². The number of nitrogens with zero attached hydrogens (tertiary/aromatic N) is 1. The molecule has 0 saturated carbocycles. The highest BCUT2D eigenvalue weighted by Crippen LogP contribution is 2.26. The van der Waals surface area contributed by atoms with E-state index < -0.39 is 6.10 Å². The Bertz CT molecular complexity index is 796. The van der Waals surface area contributed by atoms with Crippen LogP contribution in [0.3, 0.4) is 0 Å². The number of hydrogen-bond acceptors (Lipinski definition) is 4. The molecule has 0 aliphatic carbocycles. The van der Waals surface area contributed by atoms with Crippen molar-refractivity contribution >= 4 is 29.9 Å². The SMILES string of the molecule is CCNC(=NCc1ccc(F)c(C)c1)NCC(O)c1cc(OC)cc(OC)c1.I. The highest BCUT2D eigenvalue weighted by atomic mass is 127. The van der Waals surface area contributed by atoms with E-state index in [1.165, 1.54) is 6.07 Å². The van der Waals surface area contributed by atoms with Crippen LogP contribution < -0.4 is 20.1 Å². The molecular formula is C21H29FIN3O3. The van der Waals surface area contributed by atoms with Gasteiger partial charge in [0.2, 0.25) is 0 Å². The molecule has 1 atom stereocenters. The second kappa shape index (κ2) is 12.5. The van der Waals surface area contributed by atoms with Crippen molar-refractivity contribution < 1.29 is 19.0 Å². The van der Waals surface area contributed by atoms with E-state index in [0.29, 0.717) is 41.7 Å². The first-order valence-corrected chi connectivity index (χ1v) is 9.15. The van der Waals surface area contributed by atoms with Crippen LogP contribution in [-0.4, -0.2) is 38.4 Å². The summed E-state index contributed by atoms with van der Waals surface area (Å²) < 4.78 is 23.9. The number of hydrogen-bond donors (Lipinski definition) is 3. The van der Waals surface area contributed by atoms with Crippen LogP contribution in [0, 0.1) is 12.7 Å². The van der Waals surface area contributed by atoms with Crippen LogP contribution in [0.5, 0.6) is 11.5 Å². The molecule has 0 radical (unpaired) electrons. The Kier molecular flexibility index (Phi) is 10.7. The number of guanidine groups is 1. The lowest BCUT2D eigenvalue weighted by molar-refractivity contribution is 0.180. The smallest absolute Gasteiger partial charge is 0.191 e. The predicted octanol–water partition coefficient (Wildman–Crippen LogP) is 3.56. The van der Waals surface area contributed by atoms with Gasteiger partial charge in [-0.15, -0.1) is 24.0 Å². The number of aliphatic hydroxyl groups is 1. The Morgan fingerprint density at radius 2 is 1.76 bits per heavy atom. The minimum absolute atomic E-state index is 0. The van der Waals surface area contributed by atoms with Gasteiger partial charge in [0.25, 0.3) is 0 Å². The maximum absolute atomic E-state index is 13.4. The molecule has 6 nitrogen and oxygen atoms in total. The molecule has 0 spiro atoms. The van der Waals surface area contributed by atoms with E-state index in [4.69, 9.17) is 9.47 Å². The summed E-state index contributed by atoms with van der Waals surface area (Å²) in [7, 11) is 3.13. The first-order chi connectivity index (χ1) is 13.5. The number of nitrogens with one attached hydrogen (secondary N) is 2. The molecule has 8 heteroatoms. The van der Waals surface area contributed by atoms with Crippen LogP contribution in [-0.2, 0) is 6.54 Å². The van der Waals surface area contributed by atoms with Gasteiger partial charge in [0.1, 0.15) is 17.3 Å². The summed E-state index contributed by atoms with van der Waals surface area (Å²) in [6, 6.07) is 10.2. The van der Waals surface area contributed by atoms with Gasteiger partial charge in [-0.25, -0.2) is 9.38 Å². The summed E-state index contributed by atoms with van der Waals surface area (Å²) in [4.78, 5) is 4.50. The summed E-state index contributed by atoms with van der Waals surface area (Å²) in [5.41, 5.74) is 2.18. The van der Waals surface area contributed by atoms with Gasteiger partial charge in [-0.3, -0.25) is 0 Å². The predicted molar refractivity (Wildman–Crippen MR) is 124 cm³/mol. The summed E-state index contributed by atoms with van der Waals surface area (Å²) in [5, 5.41) is 16.8. The van der Waals surface area contributed by atoms with Gasteiger partial charge in [-0.05, 0) is 48.7 Å². The highest BCUT2D eigenvalue weighted by molar-refractivity contribution is 14.0. The average Bonchev–Trinajstić information content (AvgIpc) is 2.71. The summed E-state index contributed by atoms with van der Waals surface area (Å²) in [5.74, 6) is 1.56. The lowest BCUT2D eigenvalue weighted by atomic mass is 10.1. The molecule has 29 heavy (non-hydrogen) atoms. The monoisotopic (exact) mass is 517 g/mol. The molecule has 0 bridgehead atoms. The third-order valence-corrected chi connectivity index (χ3v) is 4.21. The van der Waals surface area contributed by atoms with E-state index in [-0.39, 0.29) is 36.3 Å². The second-order valence-corrected chi connectivity index (χ2v) is 6.32. The molecular weight excluding hydrogens is 488 g/mol. The number of methoxy groups -OCH3 is 2. The molecule has 0 heterocycles. The molecule has 2 aromatic rings. The Hall–Kier alpha value is -2.07. The van der Waals surface area contributed by atoms with Gasteiger partial charge < -0.3 is 25.2 Å². The van der Waals surface area contributed by atoms with Gasteiger partial charge in [0, 0.05) is 19.2 Å². The van der Waals surface area contributed by atoms with Crippen molar-refractivity contribution in [2.45, 2.75) is 26.5 Å². The Balaban J connectivity index is 0.00000420. The van der Waals surface area contributed by atoms with Crippen LogP contribution in [0.1, 0.15) is 29.7 Å². The Labute approximate surface area is 188 Å². The minimum Gasteiger partial charge on any atom is -0.497 e. The van der Waals surface area contributed by atoms with Gasteiger partial charge in [-0.1, -0.05) is 12.1 Å². The van der Waals surface area contributed by atoms with E-state index in [1.54, 1.807) is 51.5 Å². The number of benzene rings is 2. The van der Waals surface area contributed by atoms with Crippen molar-refractivity contribution in [1.29, 1.82) is 0 Å². The third kappa shape index (κ3) is 7.69. The fourth-order valence-electron chi connectivity index (χ4n) is 2.65. The number of ether oxygens (including phenoxy) is 2. The first-order valence-electron chi connectivity index (χ1n) is 9.15. The van der Waals surface area contributed by atoms with Crippen LogP contribution in [0.15, 0.2) is 41.4 Å². The molecule has 0 saturated heterocycles. The highest BCUT2D eigenvalue weighted by Gasteiger charge is 2.12. The van der Waals surface area contributed by atoms with Crippen molar-refractivity contribution in [3.05, 3.63) is 58.9 Å². The van der Waals surface area contributed by atoms with Crippen molar-refractivity contribution in [2.24, 2.45) is 4.99 Å². The number of halogens is 2. The lowest BCUT2D eigenvalue weighted by Gasteiger charge is -2.17. The molecule has 1 unspecified atom stereocenters. The number of aliphatic imine (C=N–C) groups is 1. The van der Waals surface area contributed by atoms with Crippen molar-refractivity contribution in [3.8, 4) is 11.5 Å². The lowest BCUT2D eigenvalue weighted by Crippen LogP contribution is -2.39. The Morgan fingerprint density at radius 3 is 2.31 bits per heavy atom. The maximum Gasteiger partial charge on any atom is 0.191 e. The third-order valence-electron chi connectivity index (χ3n) is 4.21. The average molecular weight is 517 g/mol. The van der Waals surface area contributed by atoms with Gasteiger partial charge in [-0.2, -0.15) is 0 Å².